The van der Waals surface area contributed by atoms with Gasteiger partial charge in [-0.25, -0.2) is 0 Å². The van der Waals surface area contributed by atoms with Crippen LogP contribution >= 0.6 is 15.9 Å². The molecular formula is C8H12BrN3O2. The van der Waals surface area contributed by atoms with Gasteiger partial charge >= 0.3 is 5.97 Å². The third-order valence-electron chi connectivity index (χ3n) is 1.77. The summed E-state index contributed by atoms with van der Waals surface area (Å²) >= 11 is 3.28. The number of ether oxygens (including phenoxy) is 1. The summed E-state index contributed by atoms with van der Waals surface area (Å²) in [4.78, 5) is 11.0. The topological polar surface area (TPSA) is 70.1 Å². The van der Waals surface area contributed by atoms with Crippen LogP contribution in [0, 0.1) is 0 Å². The van der Waals surface area contributed by atoms with Crippen molar-refractivity contribution in [2.75, 3.05) is 7.11 Å². The van der Waals surface area contributed by atoms with Crippen LogP contribution in [0.5, 0.6) is 0 Å². The fourth-order valence-corrected chi connectivity index (χ4v) is 1.33. The van der Waals surface area contributed by atoms with Crippen molar-refractivity contribution in [3.63, 3.8) is 0 Å². The van der Waals surface area contributed by atoms with E-state index in [1.165, 1.54) is 7.11 Å². The fraction of sp³-hybridized carbons (Fsp3) is 0.500. The van der Waals surface area contributed by atoms with Gasteiger partial charge in [0.25, 0.3) is 0 Å². The van der Waals surface area contributed by atoms with Gasteiger partial charge in [0.05, 0.1) is 17.8 Å². The largest absolute Gasteiger partial charge is 0.468 e. The summed E-state index contributed by atoms with van der Waals surface area (Å²) in [7, 11) is 1.33. The molecule has 0 bridgehead atoms. The lowest BCUT2D eigenvalue weighted by Crippen LogP contribution is -2.32. The molecule has 0 aliphatic heterocycles. The third kappa shape index (κ3) is 3.12. The number of rotatable bonds is 4. The molecule has 0 saturated carbocycles. The molecule has 5 nitrogen and oxygen atoms in total. The summed E-state index contributed by atoms with van der Waals surface area (Å²) in [5, 5.41) is 4.04. The van der Waals surface area contributed by atoms with E-state index in [0.717, 1.165) is 4.47 Å². The van der Waals surface area contributed by atoms with Gasteiger partial charge in [0, 0.05) is 12.7 Å². The highest BCUT2D eigenvalue weighted by Gasteiger charge is 2.13. The second-order valence-electron chi connectivity index (χ2n) is 2.84. The minimum absolute atomic E-state index is 0.392. The molecule has 1 aromatic heterocycles. The first-order valence-corrected chi connectivity index (χ1v) is 4.94. The summed E-state index contributed by atoms with van der Waals surface area (Å²) in [6.07, 6.45) is 4.02. The SMILES string of the molecule is COC(=O)C(N)CCn1cc(Br)cn1. The van der Waals surface area contributed by atoms with Crippen LogP contribution in [0.15, 0.2) is 16.9 Å². The Morgan fingerprint density at radius 3 is 3.07 bits per heavy atom. The molecule has 1 atom stereocenters. The molecule has 0 aliphatic rings. The van der Waals surface area contributed by atoms with Crippen molar-refractivity contribution in [2.24, 2.45) is 5.73 Å². The van der Waals surface area contributed by atoms with Crippen molar-refractivity contribution in [2.45, 2.75) is 19.0 Å². The lowest BCUT2D eigenvalue weighted by atomic mass is 10.2. The molecule has 0 fully saturated rings. The molecule has 0 spiro atoms. The first-order chi connectivity index (χ1) is 6.63. The van der Waals surface area contributed by atoms with E-state index in [1.807, 2.05) is 6.20 Å². The first kappa shape index (κ1) is 11.2. The number of aryl methyl sites for hydroxylation is 1. The molecule has 0 saturated heterocycles. The number of hydrogen-bond acceptors (Lipinski definition) is 4. The molecule has 1 heterocycles. The number of nitrogens with zero attached hydrogens (tertiary/aromatic N) is 2. The lowest BCUT2D eigenvalue weighted by molar-refractivity contribution is -0.142. The van der Waals surface area contributed by atoms with Crippen LogP contribution in [0.1, 0.15) is 6.42 Å². The molecule has 1 aromatic rings. The third-order valence-corrected chi connectivity index (χ3v) is 2.18. The highest BCUT2D eigenvalue weighted by atomic mass is 79.9. The molecule has 78 valence electrons. The number of methoxy groups -OCH3 is 1. The number of carbonyl (C=O) groups excluding carboxylic acids is 1. The number of esters is 1. The molecule has 0 radical (unpaired) electrons. The Kier molecular flexibility index (Phi) is 4.09. The van der Waals surface area contributed by atoms with Crippen LogP contribution in [-0.4, -0.2) is 28.9 Å². The Morgan fingerprint density at radius 1 is 1.86 bits per heavy atom. The van der Waals surface area contributed by atoms with E-state index in [-0.39, 0.29) is 0 Å². The van der Waals surface area contributed by atoms with E-state index < -0.39 is 12.0 Å². The van der Waals surface area contributed by atoms with Gasteiger partial charge in [0.1, 0.15) is 6.04 Å². The number of halogens is 1. The van der Waals surface area contributed by atoms with Crippen LogP contribution in [-0.2, 0) is 16.1 Å². The first-order valence-electron chi connectivity index (χ1n) is 4.15. The van der Waals surface area contributed by atoms with Crippen molar-refractivity contribution >= 4 is 21.9 Å². The fourth-order valence-electron chi connectivity index (χ4n) is 1.00. The van der Waals surface area contributed by atoms with Crippen molar-refractivity contribution in [3.05, 3.63) is 16.9 Å². The predicted octanol–water partition coefficient (Wildman–Crippen LogP) is 0.536. The highest BCUT2D eigenvalue weighted by molar-refractivity contribution is 9.10. The minimum Gasteiger partial charge on any atom is -0.468 e. The maximum Gasteiger partial charge on any atom is 0.322 e. The van der Waals surface area contributed by atoms with Crippen LogP contribution in [0.25, 0.3) is 0 Å². The Bertz CT molecular complexity index is 313. The second kappa shape index (κ2) is 5.11. The minimum atomic E-state index is -0.581. The van der Waals surface area contributed by atoms with Crippen molar-refractivity contribution in [1.29, 1.82) is 0 Å². The van der Waals surface area contributed by atoms with Crippen molar-refractivity contribution in [3.8, 4) is 0 Å². The summed E-state index contributed by atoms with van der Waals surface area (Å²) in [6, 6.07) is -0.581. The van der Waals surface area contributed by atoms with Gasteiger partial charge in [-0.1, -0.05) is 0 Å². The van der Waals surface area contributed by atoms with Crippen LogP contribution in [0.3, 0.4) is 0 Å². The Labute approximate surface area is 90.3 Å². The standard InChI is InChI=1S/C8H12BrN3O2/c1-14-8(13)7(10)2-3-12-5-6(9)4-11-12/h4-5,7H,2-3,10H2,1H3. The monoisotopic (exact) mass is 261 g/mol. The molecular weight excluding hydrogens is 250 g/mol. The molecule has 2 N–H and O–H groups in total. The van der Waals surface area contributed by atoms with E-state index in [4.69, 9.17) is 5.73 Å². The Morgan fingerprint density at radius 2 is 2.57 bits per heavy atom. The van der Waals surface area contributed by atoms with Crippen LogP contribution < -0.4 is 5.73 Å². The molecule has 1 rings (SSSR count). The zero-order chi connectivity index (χ0) is 10.6. The normalized spacial score (nSPS) is 12.5. The number of hydrogen-bond donors (Lipinski definition) is 1. The van der Waals surface area contributed by atoms with Gasteiger partial charge < -0.3 is 10.5 Å². The molecule has 1 unspecified atom stereocenters. The van der Waals surface area contributed by atoms with E-state index in [9.17, 15) is 4.79 Å². The molecule has 14 heavy (non-hydrogen) atoms. The zero-order valence-corrected chi connectivity index (χ0v) is 9.40. The Hall–Kier alpha value is -0.880. The number of aromatic nitrogens is 2. The molecule has 0 amide bonds. The highest BCUT2D eigenvalue weighted by Crippen LogP contribution is 2.06. The van der Waals surface area contributed by atoms with Crippen molar-refractivity contribution < 1.29 is 9.53 Å². The molecule has 6 heteroatoms. The summed E-state index contributed by atoms with van der Waals surface area (Å²) in [6.45, 7) is 0.599. The van der Waals surface area contributed by atoms with Crippen molar-refractivity contribution in [1.82, 2.24) is 9.78 Å². The maximum atomic E-state index is 11.0. The van der Waals surface area contributed by atoms with E-state index in [1.54, 1.807) is 10.9 Å². The number of carbonyl (C=O) groups is 1. The van der Waals surface area contributed by atoms with Gasteiger partial charge in [-0.3, -0.25) is 9.48 Å². The van der Waals surface area contributed by atoms with E-state index in [0.29, 0.717) is 13.0 Å². The van der Waals surface area contributed by atoms with Gasteiger partial charge in [-0.05, 0) is 22.4 Å². The quantitative estimate of drug-likeness (QED) is 0.804. The zero-order valence-electron chi connectivity index (χ0n) is 7.81. The van der Waals surface area contributed by atoms with Gasteiger partial charge in [0.15, 0.2) is 0 Å². The summed E-state index contributed by atoms with van der Waals surface area (Å²) < 4.78 is 7.12. The second-order valence-corrected chi connectivity index (χ2v) is 3.76. The average Bonchev–Trinajstić information content (AvgIpc) is 2.59. The smallest absolute Gasteiger partial charge is 0.322 e. The summed E-state index contributed by atoms with van der Waals surface area (Å²) in [5.41, 5.74) is 5.56. The lowest BCUT2D eigenvalue weighted by Gasteiger charge is -2.08. The summed E-state index contributed by atoms with van der Waals surface area (Å²) in [5.74, 6) is -0.392. The van der Waals surface area contributed by atoms with Gasteiger partial charge in [-0.15, -0.1) is 0 Å². The Balaban J connectivity index is 2.37. The van der Waals surface area contributed by atoms with Crippen LogP contribution in [0.4, 0.5) is 0 Å². The van der Waals surface area contributed by atoms with Crippen LogP contribution in [0.2, 0.25) is 0 Å². The molecule has 0 aliphatic carbocycles. The average molecular weight is 262 g/mol. The maximum absolute atomic E-state index is 11.0. The van der Waals surface area contributed by atoms with Gasteiger partial charge in [0.2, 0.25) is 0 Å². The number of nitrogens with two attached hydrogens (primary N) is 1. The van der Waals surface area contributed by atoms with E-state index in [2.05, 4.69) is 25.8 Å². The van der Waals surface area contributed by atoms with Gasteiger partial charge in [-0.2, -0.15) is 5.10 Å². The molecule has 0 aromatic carbocycles. The predicted molar refractivity (Wildman–Crippen MR) is 54.5 cm³/mol. The van der Waals surface area contributed by atoms with E-state index >= 15 is 0 Å².